The van der Waals surface area contributed by atoms with Crippen molar-refractivity contribution >= 4 is 22.9 Å². The van der Waals surface area contributed by atoms with Crippen LogP contribution in [0.3, 0.4) is 0 Å². The number of aromatic nitrogens is 4. The molecule has 6 rings (SSSR count). The topological polar surface area (TPSA) is 70.7 Å². The Morgan fingerprint density at radius 1 is 1.08 bits per heavy atom. The summed E-state index contributed by atoms with van der Waals surface area (Å²) in [5.41, 5.74) is 4.87. The SMILES string of the molecule is CC1=Nc2ccc(-c3ccn4nc(NCC5CCC(CN6CC(F)C6)CC5)ncc34)nc2C1CCC(F)F. The lowest BCUT2D eigenvalue weighted by atomic mass is 9.81. The maximum Gasteiger partial charge on any atom is 0.241 e. The number of nitrogens with one attached hydrogen (secondary N) is 1. The number of rotatable bonds is 9. The van der Waals surface area contributed by atoms with E-state index in [0.717, 1.165) is 47.0 Å². The molecular formula is C28H34F3N7. The molecule has 0 aromatic carbocycles. The van der Waals surface area contributed by atoms with Crippen molar-refractivity contribution < 1.29 is 13.2 Å². The van der Waals surface area contributed by atoms with E-state index >= 15 is 0 Å². The van der Waals surface area contributed by atoms with Crippen molar-refractivity contribution in [1.29, 1.82) is 0 Å². The van der Waals surface area contributed by atoms with E-state index in [9.17, 15) is 13.2 Å². The molecule has 0 spiro atoms. The van der Waals surface area contributed by atoms with E-state index in [0.29, 0.717) is 37.3 Å². The lowest BCUT2D eigenvalue weighted by Crippen LogP contribution is -2.50. The number of anilines is 1. The van der Waals surface area contributed by atoms with Crippen LogP contribution in [0.1, 0.15) is 57.1 Å². The van der Waals surface area contributed by atoms with Gasteiger partial charge in [-0.05, 0) is 69.1 Å². The molecular weight excluding hydrogens is 491 g/mol. The molecule has 1 aliphatic carbocycles. The van der Waals surface area contributed by atoms with Gasteiger partial charge in [-0.3, -0.25) is 9.89 Å². The molecule has 7 nitrogen and oxygen atoms in total. The number of alkyl halides is 3. The molecule has 2 fully saturated rings. The summed E-state index contributed by atoms with van der Waals surface area (Å²) in [4.78, 5) is 16.2. The minimum absolute atomic E-state index is 0.164. The molecule has 0 radical (unpaired) electrons. The van der Waals surface area contributed by atoms with Crippen molar-refractivity contribution in [3.05, 3.63) is 36.3 Å². The predicted octanol–water partition coefficient (Wildman–Crippen LogP) is 5.90. The molecule has 2 aliphatic heterocycles. The lowest BCUT2D eigenvalue weighted by molar-refractivity contribution is 0.0434. The Morgan fingerprint density at radius 3 is 2.63 bits per heavy atom. The van der Waals surface area contributed by atoms with Crippen LogP contribution in [0, 0.1) is 11.8 Å². The Bertz CT molecular complexity index is 1310. The minimum Gasteiger partial charge on any atom is -0.353 e. The van der Waals surface area contributed by atoms with Crippen LogP contribution in [0.2, 0.25) is 0 Å². The van der Waals surface area contributed by atoms with Gasteiger partial charge < -0.3 is 5.32 Å². The van der Waals surface area contributed by atoms with E-state index in [1.807, 2.05) is 31.3 Å². The average Bonchev–Trinajstić information content (AvgIpc) is 3.45. The summed E-state index contributed by atoms with van der Waals surface area (Å²) in [6, 6.07) is 5.80. The van der Waals surface area contributed by atoms with Gasteiger partial charge in [0.15, 0.2) is 0 Å². The monoisotopic (exact) mass is 525 g/mol. The highest BCUT2D eigenvalue weighted by atomic mass is 19.3. The third-order valence-electron chi connectivity index (χ3n) is 8.34. The van der Waals surface area contributed by atoms with Gasteiger partial charge in [-0.25, -0.2) is 27.7 Å². The normalized spacial score (nSPS) is 24.0. The van der Waals surface area contributed by atoms with Crippen LogP contribution in [0.5, 0.6) is 0 Å². The Hall–Kier alpha value is -3.01. The Balaban J connectivity index is 1.08. The highest BCUT2D eigenvalue weighted by Gasteiger charge is 2.30. The lowest BCUT2D eigenvalue weighted by Gasteiger charge is -2.39. The molecule has 0 amide bonds. The van der Waals surface area contributed by atoms with Crippen LogP contribution in [-0.4, -0.2) is 69.0 Å². The van der Waals surface area contributed by atoms with Crippen LogP contribution < -0.4 is 5.32 Å². The fourth-order valence-electron chi connectivity index (χ4n) is 6.15. The molecule has 3 aliphatic rings. The minimum atomic E-state index is -2.33. The van der Waals surface area contributed by atoms with Crippen LogP contribution in [0.25, 0.3) is 16.8 Å². The zero-order chi connectivity index (χ0) is 26.2. The van der Waals surface area contributed by atoms with Gasteiger partial charge in [0.1, 0.15) is 6.17 Å². The molecule has 3 aromatic heterocycles. The third kappa shape index (κ3) is 5.28. The summed E-state index contributed by atoms with van der Waals surface area (Å²) in [7, 11) is 0. The third-order valence-corrected chi connectivity index (χ3v) is 8.34. The molecule has 1 N–H and O–H groups in total. The second kappa shape index (κ2) is 10.6. The molecule has 5 heterocycles. The molecule has 3 aromatic rings. The molecule has 1 saturated carbocycles. The van der Waals surface area contributed by atoms with E-state index < -0.39 is 12.6 Å². The fourth-order valence-corrected chi connectivity index (χ4v) is 6.15. The summed E-state index contributed by atoms with van der Waals surface area (Å²) in [5, 5.41) is 8.06. The van der Waals surface area contributed by atoms with Gasteiger partial charge >= 0.3 is 0 Å². The Labute approximate surface area is 220 Å². The first-order chi connectivity index (χ1) is 18.4. The zero-order valence-electron chi connectivity index (χ0n) is 21.7. The number of nitrogens with zero attached hydrogens (tertiary/aromatic N) is 6. The average molecular weight is 526 g/mol. The summed E-state index contributed by atoms with van der Waals surface area (Å²) < 4.78 is 40.6. The maximum atomic E-state index is 13.1. The molecule has 1 saturated heterocycles. The van der Waals surface area contributed by atoms with Crippen molar-refractivity contribution in [1.82, 2.24) is 24.5 Å². The number of hydrogen-bond donors (Lipinski definition) is 1. The van der Waals surface area contributed by atoms with E-state index in [1.54, 1.807) is 10.7 Å². The van der Waals surface area contributed by atoms with Gasteiger partial charge in [0.2, 0.25) is 12.4 Å². The molecule has 38 heavy (non-hydrogen) atoms. The van der Waals surface area contributed by atoms with Crippen LogP contribution in [0.15, 0.2) is 35.6 Å². The molecule has 1 unspecified atom stereocenters. The maximum absolute atomic E-state index is 13.1. The van der Waals surface area contributed by atoms with Crippen LogP contribution in [-0.2, 0) is 0 Å². The van der Waals surface area contributed by atoms with Gasteiger partial charge in [-0.15, -0.1) is 5.10 Å². The zero-order valence-corrected chi connectivity index (χ0v) is 21.7. The smallest absolute Gasteiger partial charge is 0.241 e. The summed E-state index contributed by atoms with van der Waals surface area (Å²) in [6.45, 7) is 4.99. The first-order valence-electron chi connectivity index (χ1n) is 13.7. The second-order valence-corrected chi connectivity index (χ2v) is 11.1. The largest absolute Gasteiger partial charge is 0.353 e. The highest BCUT2D eigenvalue weighted by Crippen LogP contribution is 2.39. The number of hydrogen-bond acceptors (Lipinski definition) is 6. The van der Waals surface area contributed by atoms with Crippen LogP contribution >= 0.6 is 0 Å². The van der Waals surface area contributed by atoms with Crippen LogP contribution in [0.4, 0.5) is 24.8 Å². The van der Waals surface area contributed by atoms with E-state index in [1.165, 1.54) is 25.7 Å². The van der Waals surface area contributed by atoms with E-state index in [2.05, 4.69) is 25.3 Å². The van der Waals surface area contributed by atoms with Crippen molar-refractivity contribution in [2.75, 3.05) is 31.5 Å². The highest BCUT2D eigenvalue weighted by molar-refractivity contribution is 5.96. The van der Waals surface area contributed by atoms with Crippen molar-refractivity contribution in [2.45, 2.75) is 64.0 Å². The Kier molecular flexibility index (Phi) is 7.07. The first-order valence-corrected chi connectivity index (χ1v) is 13.7. The van der Waals surface area contributed by atoms with Crippen molar-refractivity contribution in [3.63, 3.8) is 0 Å². The number of pyridine rings is 1. The molecule has 10 heteroatoms. The van der Waals surface area contributed by atoms with Crippen molar-refractivity contribution in [3.8, 4) is 11.3 Å². The number of likely N-dealkylation sites (tertiary alicyclic amines) is 1. The summed E-state index contributed by atoms with van der Waals surface area (Å²) in [5.74, 6) is 1.70. The van der Waals surface area contributed by atoms with Gasteiger partial charge in [0.05, 0.1) is 28.8 Å². The predicted molar refractivity (Wildman–Crippen MR) is 142 cm³/mol. The summed E-state index contributed by atoms with van der Waals surface area (Å²) >= 11 is 0. The quantitative estimate of drug-likeness (QED) is 0.377. The van der Waals surface area contributed by atoms with Crippen molar-refractivity contribution in [2.24, 2.45) is 16.8 Å². The second-order valence-electron chi connectivity index (χ2n) is 11.1. The van der Waals surface area contributed by atoms with Gasteiger partial charge in [0, 0.05) is 56.0 Å². The van der Waals surface area contributed by atoms with E-state index in [-0.39, 0.29) is 12.3 Å². The van der Waals surface area contributed by atoms with E-state index in [4.69, 9.17) is 4.98 Å². The molecule has 202 valence electrons. The number of fused-ring (bicyclic) bond motifs is 2. The first kappa shape index (κ1) is 25.3. The van der Waals surface area contributed by atoms with Gasteiger partial charge in [-0.1, -0.05) is 0 Å². The number of aliphatic imine (C=N–C) groups is 1. The van der Waals surface area contributed by atoms with Gasteiger partial charge in [-0.2, -0.15) is 0 Å². The fraction of sp³-hybridized carbons (Fsp3) is 0.571. The molecule has 0 bridgehead atoms. The summed E-state index contributed by atoms with van der Waals surface area (Å²) in [6.07, 6.45) is 5.66. The molecule has 1 atom stereocenters. The van der Waals surface area contributed by atoms with Gasteiger partial charge in [0.25, 0.3) is 0 Å². The number of halogens is 3. The Morgan fingerprint density at radius 2 is 1.87 bits per heavy atom. The standard InChI is InChI=1S/C28H34F3N7/c1-17-21(6-9-26(30)31)27-24(34-17)8-7-23(35-27)22-10-11-38-25(22)13-33-28(36-38)32-12-18-2-4-19(5-3-18)14-37-15-20(29)16-37/h7-8,10-11,13,18-21,26H,2-6,9,12,14-16H2,1H3,(H,32,36).